The van der Waals surface area contributed by atoms with Crippen molar-refractivity contribution in [1.29, 1.82) is 0 Å². The third-order valence-corrected chi connectivity index (χ3v) is 4.97. The molecule has 0 bridgehead atoms. The van der Waals surface area contributed by atoms with Crippen LogP contribution in [0.4, 0.5) is 17.6 Å². The molecule has 174 valence electrons. The maximum atomic E-state index is 14.4. The van der Waals surface area contributed by atoms with Crippen LogP contribution in [-0.4, -0.2) is 26.3 Å². The monoisotopic (exact) mass is 464 g/mol. The molecule has 3 rings (SSSR count). The van der Waals surface area contributed by atoms with E-state index in [2.05, 4.69) is 10.4 Å². The van der Waals surface area contributed by atoms with Crippen LogP contribution in [0.25, 0.3) is 5.69 Å². The number of para-hydroxylation sites is 1. The van der Waals surface area contributed by atoms with Gasteiger partial charge in [0.05, 0.1) is 12.1 Å². The molecule has 0 spiro atoms. The number of carbonyl (C=O) groups excluding carboxylic acids is 1. The first-order valence-electron chi connectivity index (χ1n) is 9.99. The SMILES string of the molecule is CC[C@@H](C)NC(=O)c1nn(-c2ccccc2F)c(=O)n(Cc2ccc(C(F)(F)F)cc2)c1=O. The Kier molecular flexibility index (Phi) is 6.80. The molecule has 3 aromatic rings. The molecule has 33 heavy (non-hydrogen) atoms. The van der Waals surface area contributed by atoms with E-state index in [1.54, 1.807) is 6.92 Å². The fraction of sp³-hybridized carbons (Fsp3) is 0.273. The van der Waals surface area contributed by atoms with Crippen molar-refractivity contribution in [2.24, 2.45) is 0 Å². The average Bonchev–Trinajstić information content (AvgIpc) is 2.77. The van der Waals surface area contributed by atoms with Crippen molar-refractivity contribution >= 4 is 5.91 Å². The molecule has 0 fully saturated rings. The highest BCUT2D eigenvalue weighted by Crippen LogP contribution is 2.29. The Morgan fingerprint density at radius 3 is 2.30 bits per heavy atom. The van der Waals surface area contributed by atoms with Gasteiger partial charge in [-0.15, -0.1) is 0 Å². The highest BCUT2D eigenvalue weighted by atomic mass is 19.4. The maximum Gasteiger partial charge on any atom is 0.416 e. The van der Waals surface area contributed by atoms with E-state index in [-0.39, 0.29) is 17.3 Å². The summed E-state index contributed by atoms with van der Waals surface area (Å²) in [5.74, 6) is -1.68. The zero-order chi connectivity index (χ0) is 24.3. The molecular weight excluding hydrogens is 444 g/mol. The summed E-state index contributed by atoms with van der Waals surface area (Å²) in [6, 6.07) is 8.69. The quantitative estimate of drug-likeness (QED) is 0.568. The summed E-state index contributed by atoms with van der Waals surface area (Å²) in [4.78, 5) is 38.6. The van der Waals surface area contributed by atoms with Gasteiger partial charge in [0.15, 0.2) is 0 Å². The Bertz CT molecular complexity index is 1280. The van der Waals surface area contributed by atoms with Crippen molar-refractivity contribution in [3.63, 3.8) is 0 Å². The second kappa shape index (κ2) is 9.39. The van der Waals surface area contributed by atoms with E-state index in [1.165, 1.54) is 18.2 Å². The second-order valence-electron chi connectivity index (χ2n) is 7.36. The van der Waals surface area contributed by atoms with Gasteiger partial charge in [0.25, 0.3) is 11.5 Å². The number of benzene rings is 2. The number of hydrogen-bond donors (Lipinski definition) is 1. The minimum absolute atomic E-state index is 0.196. The van der Waals surface area contributed by atoms with E-state index < -0.39 is 47.0 Å². The highest BCUT2D eigenvalue weighted by molar-refractivity contribution is 5.91. The third kappa shape index (κ3) is 5.18. The summed E-state index contributed by atoms with van der Waals surface area (Å²) in [5, 5.41) is 6.37. The number of halogens is 4. The summed E-state index contributed by atoms with van der Waals surface area (Å²) < 4.78 is 54.1. The molecule has 11 heteroatoms. The number of aromatic nitrogens is 3. The zero-order valence-electron chi connectivity index (χ0n) is 17.7. The molecule has 1 amide bonds. The molecular formula is C22H20F4N4O3. The standard InChI is InChI=1S/C22H20F4N4O3/c1-3-13(2)27-19(31)18-20(32)29(12-14-8-10-15(11-9-14)22(24,25)26)21(33)30(28-18)17-7-5-4-6-16(17)23/h4-11,13H,3,12H2,1-2H3,(H,27,31)/t13-/m1/s1. The van der Waals surface area contributed by atoms with Gasteiger partial charge in [0, 0.05) is 6.04 Å². The van der Waals surface area contributed by atoms with Crippen molar-refractivity contribution in [1.82, 2.24) is 19.7 Å². The molecule has 1 N–H and O–H groups in total. The molecule has 0 aliphatic heterocycles. The van der Waals surface area contributed by atoms with Gasteiger partial charge < -0.3 is 5.32 Å². The lowest BCUT2D eigenvalue weighted by molar-refractivity contribution is -0.137. The van der Waals surface area contributed by atoms with Crippen molar-refractivity contribution in [3.05, 3.63) is 92.0 Å². The lowest BCUT2D eigenvalue weighted by Crippen LogP contribution is -2.47. The first kappa shape index (κ1) is 23.9. The maximum absolute atomic E-state index is 14.4. The lowest BCUT2D eigenvalue weighted by Gasteiger charge is -2.15. The number of amides is 1. The topological polar surface area (TPSA) is 86.0 Å². The highest BCUT2D eigenvalue weighted by Gasteiger charge is 2.30. The molecule has 0 radical (unpaired) electrons. The summed E-state index contributed by atoms with van der Waals surface area (Å²) in [5.41, 5.74) is -3.74. The van der Waals surface area contributed by atoms with Crippen LogP contribution in [0.2, 0.25) is 0 Å². The Hall–Kier alpha value is -3.76. The van der Waals surface area contributed by atoms with Gasteiger partial charge in [0.2, 0.25) is 5.69 Å². The van der Waals surface area contributed by atoms with E-state index in [9.17, 15) is 31.9 Å². The average molecular weight is 464 g/mol. The fourth-order valence-electron chi connectivity index (χ4n) is 2.95. The van der Waals surface area contributed by atoms with Crippen molar-refractivity contribution in [2.75, 3.05) is 0 Å². The minimum Gasteiger partial charge on any atom is -0.348 e. The number of hydrogen-bond acceptors (Lipinski definition) is 4. The van der Waals surface area contributed by atoms with Gasteiger partial charge in [-0.3, -0.25) is 14.2 Å². The van der Waals surface area contributed by atoms with E-state index in [0.717, 1.165) is 30.3 Å². The van der Waals surface area contributed by atoms with Crippen LogP contribution in [0.1, 0.15) is 41.9 Å². The van der Waals surface area contributed by atoms with Gasteiger partial charge >= 0.3 is 11.9 Å². The smallest absolute Gasteiger partial charge is 0.348 e. The molecule has 2 aromatic carbocycles. The predicted molar refractivity (Wildman–Crippen MR) is 112 cm³/mol. The molecule has 0 aliphatic rings. The van der Waals surface area contributed by atoms with Gasteiger partial charge in [-0.2, -0.15) is 23.0 Å². The molecule has 7 nitrogen and oxygen atoms in total. The van der Waals surface area contributed by atoms with Gasteiger partial charge in [-0.05, 0) is 43.2 Å². The van der Waals surface area contributed by atoms with Crippen LogP contribution >= 0.6 is 0 Å². The van der Waals surface area contributed by atoms with Crippen LogP contribution in [0.15, 0.2) is 58.1 Å². The molecule has 1 heterocycles. The van der Waals surface area contributed by atoms with E-state index in [4.69, 9.17) is 0 Å². The predicted octanol–water partition coefficient (Wildman–Crippen LogP) is 3.13. The van der Waals surface area contributed by atoms with Crippen LogP contribution in [-0.2, 0) is 12.7 Å². The lowest BCUT2D eigenvalue weighted by atomic mass is 10.1. The summed E-state index contributed by atoms with van der Waals surface area (Å²) >= 11 is 0. The number of rotatable bonds is 6. The molecule has 0 saturated carbocycles. The summed E-state index contributed by atoms with van der Waals surface area (Å²) in [6.07, 6.45) is -4.00. The minimum atomic E-state index is -4.55. The van der Waals surface area contributed by atoms with Crippen LogP contribution in [0.5, 0.6) is 0 Å². The first-order chi connectivity index (χ1) is 15.5. The Morgan fingerprint density at radius 2 is 1.73 bits per heavy atom. The Balaban J connectivity index is 2.16. The summed E-state index contributed by atoms with van der Waals surface area (Å²) in [6.45, 7) is 3.06. The van der Waals surface area contributed by atoms with Crippen LogP contribution in [0, 0.1) is 5.82 Å². The largest absolute Gasteiger partial charge is 0.416 e. The van der Waals surface area contributed by atoms with E-state index >= 15 is 0 Å². The molecule has 0 unspecified atom stereocenters. The van der Waals surface area contributed by atoms with Crippen molar-refractivity contribution in [2.45, 2.75) is 39.0 Å². The Labute approximate surface area is 185 Å². The van der Waals surface area contributed by atoms with Gasteiger partial charge in [-0.1, -0.05) is 31.2 Å². The molecule has 0 aliphatic carbocycles. The first-order valence-corrected chi connectivity index (χ1v) is 9.99. The van der Waals surface area contributed by atoms with E-state index in [0.29, 0.717) is 15.7 Å². The van der Waals surface area contributed by atoms with Gasteiger partial charge in [-0.25, -0.2) is 9.18 Å². The van der Waals surface area contributed by atoms with E-state index in [1.807, 2.05) is 6.92 Å². The van der Waals surface area contributed by atoms with Gasteiger partial charge in [0.1, 0.15) is 11.5 Å². The van der Waals surface area contributed by atoms with Crippen molar-refractivity contribution < 1.29 is 22.4 Å². The molecule has 1 aromatic heterocycles. The van der Waals surface area contributed by atoms with Crippen molar-refractivity contribution in [3.8, 4) is 5.69 Å². The number of nitrogens with one attached hydrogen (secondary N) is 1. The zero-order valence-corrected chi connectivity index (χ0v) is 17.7. The molecule has 1 atom stereocenters. The number of carbonyl (C=O) groups is 1. The summed E-state index contributed by atoms with van der Waals surface area (Å²) in [7, 11) is 0. The van der Waals surface area contributed by atoms with Crippen LogP contribution < -0.4 is 16.6 Å². The van der Waals surface area contributed by atoms with Crippen LogP contribution in [0.3, 0.4) is 0 Å². The number of nitrogens with zero attached hydrogens (tertiary/aromatic N) is 3. The second-order valence-corrected chi connectivity index (χ2v) is 7.36. The molecule has 0 saturated heterocycles. The number of alkyl halides is 3. The third-order valence-electron chi connectivity index (χ3n) is 4.97. The normalized spacial score (nSPS) is 12.4. The Morgan fingerprint density at radius 1 is 1.09 bits per heavy atom. The fourth-order valence-corrected chi connectivity index (χ4v) is 2.95.